The Kier molecular flexibility index (Phi) is 6.84. The average Bonchev–Trinajstić information content (AvgIpc) is 3.86. The van der Waals surface area contributed by atoms with Crippen LogP contribution >= 0.6 is 7.14 Å². The van der Waals surface area contributed by atoms with Crippen molar-refractivity contribution < 1.29 is 4.57 Å². The van der Waals surface area contributed by atoms with Gasteiger partial charge in [0.1, 0.15) is 0 Å². The van der Waals surface area contributed by atoms with Crippen molar-refractivity contribution in [3.05, 3.63) is 192 Å². The van der Waals surface area contributed by atoms with Crippen molar-refractivity contribution >= 4 is 28.6 Å². The van der Waals surface area contributed by atoms with E-state index in [9.17, 15) is 0 Å². The fraction of sp³-hybridized carbons (Fsp3) is 0.111. The molecular weight excluding hydrogens is 587 g/mol. The molecule has 3 aliphatic rings. The molecule has 226 valence electrons. The molecule has 1 heterocycles. The minimum Gasteiger partial charge on any atom is -0.309 e. The molecular formula is C45H35OP. The number of benzene rings is 6. The number of fused-ring (bicyclic) bond motifs is 3. The second-order valence-electron chi connectivity index (χ2n) is 13.2. The summed E-state index contributed by atoms with van der Waals surface area (Å²) >= 11 is 0. The van der Waals surface area contributed by atoms with Gasteiger partial charge in [-0.2, -0.15) is 0 Å². The zero-order valence-corrected chi connectivity index (χ0v) is 27.1. The van der Waals surface area contributed by atoms with E-state index in [1.54, 1.807) is 0 Å². The smallest absolute Gasteiger partial charge is 0.172 e. The van der Waals surface area contributed by atoms with E-state index < -0.39 is 7.14 Å². The van der Waals surface area contributed by atoms with Crippen LogP contribution < -0.4 is 10.6 Å². The van der Waals surface area contributed by atoms with Gasteiger partial charge in [0.15, 0.2) is 7.14 Å². The summed E-state index contributed by atoms with van der Waals surface area (Å²) in [4.78, 5) is 0. The van der Waals surface area contributed by atoms with Crippen LogP contribution in [0.25, 0.3) is 33.1 Å². The Morgan fingerprint density at radius 2 is 1.00 bits per heavy atom. The Labute approximate surface area is 277 Å². The van der Waals surface area contributed by atoms with E-state index in [-0.39, 0.29) is 0 Å². The van der Waals surface area contributed by atoms with Gasteiger partial charge >= 0.3 is 0 Å². The average molecular weight is 623 g/mol. The predicted octanol–water partition coefficient (Wildman–Crippen LogP) is 10.9. The maximum Gasteiger partial charge on any atom is 0.172 e. The first-order valence-corrected chi connectivity index (χ1v) is 18.4. The molecule has 6 aromatic carbocycles. The molecule has 0 aromatic heterocycles. The first-order valence-electron chi connectivity index (χ1n) is 16.7. The Morgan fingerprint density at radius 3 is 1.57 bits per heavy atom. The third-order valence-electron chi connectivity index (χ3n) is 10.6. The van der Waals surface area contributed by atoms with Gasteiger partial charge in [-0.05, 0) is 75.1 Å². The molecule has 1 nitrogen and oxygen atoms in total. The van der Waals surface area contributed by atoms with Gasteiger partial charge in [0.25, 0.3) is 0 Å². The zero-order valence-electron chi connectivity index (χ0n) is 26.2. The minimum absolute atomic E-state index is 0.565. The second kappa shape index (κ2) is 11.4. The van der Waals surface area contributed by atoms with Crippen LogP contribution in [-0.2, 0) is 4.57 Å². The van der Waals surface area contributed by atoms with Crippen molar-refractivity contribution in [2.24, 2.45) is 11.8 Å². The third-order valence-corrected chi connectivity index (χ3v) is 13.8. The maximum atomic E-state index is 16.1. The van der Waals surface area contributed by atoms with Crippen LogP contribution in [0.1, 0.15) is 41.0 Å². The SMILES string of the molecule is O=P1(c2ccc(C3CC4C=CC3C4)cc2)C(c2ccc(-c3ccccc3)cc2)=C(c2ccc(-c3ccccc3)cc2)c2ccccc21. The number of hydrogen-bond acceptors (Lipinski definition) is 1. The summed E-state index contributed by atoms with van der Waals surface area (Å²) in [6.07, 6.45) is 7.31. The molecule has 2 aliphatic carbocycles. The Bertz CT molecular complexity index is 2190. The highest BCUT2D eigenvalue weighted by Gasteiger charge is 2.44. The molecule has 0 saturated heterocycles. The molecule has 1 fully saturated rings. The Hall–Kier alpha value is -4.97. The van der Waals surface area contributed by atoms with Gasteiger partial charge in [-0.15, -0.1) is 0 Å². The maximum absolute atomic E-state index is 16.1. The van der Waals surface area contributed by atoms with Crippen LogP contribution in [-0.4, -0.2) is 0 Å². The van der Waals surface area contributed by atoms with Crippen LogP contribution in [0, 0.1) is 11.8 Å². The minimum atomic E-state index is -3.22. The molecule has 1 aliphatic heterocycles. The van der Waals surface area contributed by atoms with Crippen LogP contribution in [0.15, 0.2) is 170 Å². The zero-order chi connectivity index (χ0) is 31.4. The third kappa shape index (κ3) is 4.72. The quantitative estimate of drug-likeness (QED) is 0.133. The summed E-state index contributed by atoms with van der Waals surface area (Å²) in [5, 5.41) is 2.77. The van der Waals surface area contributed by atoms with Crippen molar-refractivity contribution in [1.82, 2.24) is 0 Å². The molecule has 1 saturated carbocycles. The van der Waals surface area contributed by atoms with Gasteiger partial charge in [-0.3, -0.25) is 0 Å². The van der Waals surface area contributed by atoms with E-state index in [0.717, 1.165) is 43.8 Å². The summed E-state index contributed by atoms with van der Waals surface area (Å²) in [6.45, 7) is 0. The highest BCUT2D eigenvalue weighted by Crippen LogP contribution is 2.65. The fourth-order valence-corrected chi connectivity index (χ4v) is 11.5. The molecule has 0 amide bonds. The standard InChI is InChI=1S/C45H35OP/c46-47(40-27-25-36(26-28-40)42-30-31-15-16-39(42)29-31)43-14-8-7-13-41(43)44(37-21-17-34(18-22-37)32-9-3-1-4-10-32)45(47)38-23-19-35(20-24-38)33-11-5-2-6-12-33/h1-28,31,39,42H,29-30H2. The van der Waals surface area contributed by atoms with Gasteiger partial charge in [-0.25, -0.2) is 0 Å². The van der Waals surface area contributed by atoms with E-state index in [2.05, 4.69) is 152 Å². The van der Waals surface area contributed by atoms with Crippen molar-refractivity contribution in [1.29, 1.82) is 0 Å². The molecule has 2 bridgehead atoms. The monoisotopic (exact) mass is 622 g/mol. The highest BCUT2D eigenvalue weighted by molar-refractivity contribution is 7.88. The Balaban J connectivity index is 1.21. The van der Waals surface area contributed by atoms with Crippen LogP contribution in [0.2, 0.25) is 0 Å². The van der Waals surface area contributed by atoms with Gasteiger partial charge in [0.2, 0.25) is 0 Å². The molecule has 2 heteroatoms. The number of allylic oxidation sites excluding steroid dienone is 2. The fourth-order valence-electron chi connectivity index (χ4n) is 8.26. The normalized spacial score (nSPS) is 22.5. The number of hydrogen-bond donors (Lipinski definition) is 0. The summed E-state index contributed by atoms with van der Waals surface area (Å²) < 4.78 is 16.1. The molecule has 4 unspecified atom stereocenters. The number of rotatable bonds is 6. The molecule has 9 rings (SSSR count). The summed E-state index contributed by atoms with van der Waals surface area (Å²) in [7, 11) is -3.22. The predicted molar refractivity (Wildman–Crippen MR) is 198 cm³/mol. The van der Waals surface area contributed by atoms with Gasteiger partial charge in [0, 0.05) is 21.5 Å². The lowest BCUT2D eigenvalue weighted by atomic mass is 9.87. The Morgan fingerprint density at radius 1 is 0.468 bits per heavy atom. The topological polar surface area (TPSA) is 17.1 Å². The van der Waals surface area contributed by atoms with Crippen LogP contribution in [0.5, 0.6) is 0 Å². The van der Waals surface area contributed by atoms with Gasteiger partial charge in [-0.1, -0.05) is 170 Å². The van der Waals surface area contributed by atoms with Crippen LogP contribution in [0.3, 0.4) is 0 Å². The van der Waals surface area contributed by atoms with E-state index in [1.807, 2.05) is 18.2 Å². The van der Waals surface area contributed by atoms with Gasteiger partial charge in [0.05, 0.1) is 0 Å². The molecule has 0 N–H and O–H groups in total. The second-order valence-corrected chi connectivity index (χ2v) is 15.9. The van der Waals surface area contributed by atoms with Crippen molar-refractivity contribution in [3.63, 3.8) is 0 Å². The first-order chi connectivity index (χ1) is 23.2. The van der Waals surface area contributed by atoms with E-state index in [1.165, 1.54) is 35.1 Å². The van der Waals surface area contributed by atoms with Crippen molar-refractivity contribution in [3.8, 4) is 22.3 Å². The molecule has 0 spiro atoms. The van der Waals surface area contributed by atoms with E-state index >= 15 is 4.57 Å². The molecule has 4 atom stereocenters. The van der Waals surface area contributed by atoms with Crippen LogP contribution in [0.4, 0.5) is 0 Å². The highest BCUT2D eigenvalue weighted by atomic mass is 31.2. The molecule has 47 heavy (non-hydrogen) atoms. The molecule has 6 aromatic rings. The summed E-state index contributed by atoms with van der Waals surface area (Å²) in [6, 6.07) is 55.7. The molecule has 0 radical (unpaired) electrons. The van der Waals surface area contributed by atoms with E-state index in [4.69, 9.17) is 0 Å². The lowest BCUT2D eigenvalue weighted by molar-refractivity contribution is 0.585. The lowest BCUT2D eigenvalue weighted by Gasteiger charge is -2.22. The summed E-state index contributed by atoms with van der Waals surface area (Å²) in [5.74, 6) is 1.92. The van der Waals surface area contributed by atoms with Gasteiger partial charge < -0.3 is 4.57 Å². The lowest BCUT2D eigenvalue weighted by Crippen LogP contribution is -2.16. The van der Waals surface area contributed by atoms with Crippen molar-refractivity contribution in [2.45, 2.75) is 18.8 Å². The van der Waals surface area contributed by atoms with E-state index in [0.29, 0.717) is 17.8 Å². The largest absolute Gasteiger partial charge is 0.309 e. The van der Waals surface area contributed by atoms with Crippen molar-refractivity contribution in [2.75, 3.05) is 0 Å². The first kappa shape index (κ1) is 28.3. The summed E-state index contributed by atoms with van der Waals surface area (Å²) in [5.41, 5.74) is 10.3.